The van der Waals surface area contributed by atoms with Gasteiger partial charge in [-0.15, -0.1) is 0 Å². The standard InChI is InChI=1S/C11H7F3N2O/c12-7-2-8(13)11(9(14)3-7)16-5-6(4-15)1-10(16)17/h2-3,6H,1,5H2. The van der Waals surface area contributed by atoms with Crippen molar-refractivity contribution >= 4 is 11.6 Å². The number of nitriles is 1. The number of hydrogen-bond donors (Lipinski definition) is 0. The summed E-state index contributed by atoms with van der Waals surface area (Å²) in [5.74, 6) is -4.47. The first-order valence-electron chi connectivity index (χ1n) is 4.87. The van der Waals surface area contributed by atoms with E-state index in [0.29, 0.717) is 12.1 Å². The van der Waals surface area contributed by atoms with Crippen molar-refractivity contribution in [3.63, 3.8) is 0 Å². The molecule has 1 aliphatic heterocycles. The van der Waals surface area contributed by atoms with Crippen LogP contribution in [0.3, 0.4) is 0 Å². The lowest BCUT2D eigenvalue weighted by Gasteiger charge is -2.17. The number of nitrogens with zero attached hydrogens (tertiary/aromatic N) is 2. The number of rotatable bonds is 1. The number of hydrogen-bond acceptors (Lipinski definition) is 2. The summed E-state index contributed by atoms with van der Waals surface area (Å²) in [6, 6.07) is 2.87. The fraction of sp³-hybridized carbons (Fsp3) is 0.273. The highest BCUT2D eigenvalue weighted by molar-refractivity contribution is 5.96. The lowest BCUT2D eigenvalue weighted by molar-refractivity contribution is -0.117. The molecule has 6 heteroatoms. The number of amides is 1. The molecule has 1 aromatic carbocycles. The molecule has 0 radical (unpaired) electrons. The minimum atomic E-state index is -1.14. The molecule has 0 saturated carbocycles. The lowest BCUT2D eigenvalue weighted by atomic mass is 10.1. The third kappa shape index (κ3) is 1.96. The first kappa shape index (κ1) is 11.5. The molecular formula is C11H7F3N2O. The van der Waals surface area contributed by atoms with Gasteiger partial charge in [0.25, 0.3) is 0 Å². The Labute approximate surface area is 95.1 Å². The monoisotopic (exact) mass is 240 g/mol. The van der Waals surface area contributed by atoms with Crippen LogP contribution in [0.5, 0.6) is 0 Å². The van der Waals surface area contributed by atoms with Crippen LogP contribution in [0.4, 0.5) is 18.9 Å². The smallest absolute Gasteiger partial charge is 0.228 e. The van der Waals surface area contributed by atoms with Gasteiger partial charge in [-0.1, -0.05) is 0 Å². The molecule has 0 bridgehead atoms. The molecular weight excluding hydrogens is 233 g/mol. The third-order valence-corrected chi connectivity index (χ3v) is 2.56. The third-order valence-electron chi connectivity index (χ3n) is 2.56. The highest BCUT2D eigenvalue weighted by Gasteiger charge is 2.34. The number of halogens is 3. The van der Waals surface area contributed by atoms with Crippen molar-refractivity contribution in [3.8, 4) is 6.07 Å². The molecule has 1 atom stereocenters. The summed E-state index contributed by atoms with van der Waals surface area (Å²) in [6.07, 6.45) is -0.0766. The molecule has 1 amide bonds. The Morgan fingerprint density at radius 1 is 1.29 bits per heavy atom. The van der Waals surface area contributed by atoms with Gasteiger partial charge in [-0.3, -0.25) is 4.79 Å². The van der Waals surface area contributed by atoms with E-state index in [-0.39, 0.29) is 13.0 Å². The average molecular weight is 240 g/mol. The molecule has 0 N–H and O–H groups in total. The fourth-order valence-corrected chi connectivity index (χ4v) is 1.80. The van der Waals surface area contributed by atoms with E-state index in [2.05, 4.69) is 0 Å². The Hall–Kier alpha value is -2.03. The predicted molar refractivity (Wildman–Crippen MR) is 52.4 cm³/mol. The van der Waals surface area contributed by atoms with Gasteiger partial charge in [-0.05, 0) is 0 Å². The maximum Gasteiger partial charge on any atom is 0.228 e. The van der Waals surface area contributed by atoms with Crippen molar-refractivity contribution in [1.29, 1.82) is 5.26 Å². The van der Waals surface area contributed by atoms with Crippen LogP contribution in [0.2, 0.25) is 0 Å². The van der Waals surface area contributed by atoms with Gasteiger partial charge in [0.05, 0.1) is 12.0 Å². The van der Waals surface area contributed by atoms with Gasteiger partial charge in [0.2, 0.25) is 5.91 Å². The quantitative estimate of drug-likeness (QED) is 0.753. The van der Waals surface area contributed by atoms with Crippen LogP contribution in [0.1, 0.15) is 6.42 Å². The normalized spacial score (nSPS) is 19.5. The van der Waals surface area contributed by atoms with Gasteiger partial charge in [-0.25, -0.2) is 13.2 Å². The molecule has 2 rings (SSSR count). The van der Waals surface area contributed by atoms with E-state index in [1.807, 2.05) is 6.07 Å². The molecule has 1 fully saturated rings. The molecule has 3 nitrogen and oxygen atoms in total. The lowest BCUT2D eigenvalue weighted by Crippen LogP contribution is -2.26. The van der Waals surface area contributed by atoms with Crippen LogP contribution < -0.4 is 4.90 Å². The van der Waals surface area contributed by atoms with Crippen LogP contribution in [-0.4, -0.2) is 12.5 Å². The summed E-state index contributed by atoms with van der Waals surface area (Å²) in [5.41, 5.74) is -0.589. The summed E-state index contributed by atoms with van der Waals surface area (Å²) in [5, 5.41) is 8.65. The van der Waals surface area contributed by atoms with Crippen LogP contribution >= 0.6 is 0 Å². The first-order valence-corrected chi connectivity index (χ1v) is 4.87. The summed E-state index contributed by atoms with van der Waals surface area (Å²) < 4.78 is 39.5. The minimum absolute atomic E-state index is 0.0746. The maximum absolute atomic E-state index is 13.4. The van der Waals surface area contributed by atoms with E-state index in [4.69, 9.17) is 5.26 Å². The average Bonchev–Trinajstić information content (AvgIpc) is 2.59. The van der Waals surface area contributed by atoms with Crippen LogP contribution in [0, 0.1) is 34.7 Å². The van der Waals surface area contributed by atoms with Gasteiger partial charge >= 0.3 is 0 Å². The Bertz CT molecular complexity index is 501. The van der Waals surface area contributed by atoms with Gasteiger partial charge in [-0.2, -0.15) is 5.26 Å². The second-order valence-electron chi connectivity index (χ2n) is 3.75. The van der Waals surface area contributed by atoms with Crippen molar-refractivity contribution in [2.75, 3.05) is 11.4 Å². The zero-order valence-electron chi connectivity index (χ0n) is 8.58. The number of benzene rings is 1. The van der Waals surface area contributed by atoms with Crippen LogP contribution in [0.25, 0.3) is 0 Å². The number of anilines is 1. The summed E-state index contributed by atoms with van der Waals surface area (Å²) in [7, 11) is 0. The zero-order chi connectivity index (χ0) is 12.6. The zero-order valence-corrected chi connectivity index (χ0v) is 8.58. The fourth-order valence-electron chi connectivity index (χ4n) is 1.80. The SMILES string of the molecule is N#CC1CC(=O)N(c2c(F)cc(F)cc2F)C1. The molecule has 1 aromatic rings. The Balaban J connectivity index is 2.42. The highest BCUT2D eigenvalue weighted by Crippen LogP contribution is 2.30. The molecule has 0 aromatic heterocycles. The summed E-state index contributed by atoms with van der Waals surface area (Å²) in [4.78, 5) is 12.3. The van der Waals surface area contributed by atoms with E-state index < -0.39 is 35.0 Å². The maximum atomic E-state index is 13.4. The van der Waals surface area contributed by atoms with Crippen LogP contribution in [0.15, 0.2) is 12.1 Å². The molecule has 1 heterocycles. The molecule has 1 aliphatic rings. The molecule has 17 heavy (non-hydrogen) atoms. The largest absolute Gasteiger partial charge is 0.306 e. The van der Waals surface area contributed by atoms with Gasteiger partial charge < -0.3 is 4.90 Å². The summed E-state index contributed by atoms with van der Waals surface area (Å²) in [6.45, 7) is -0.0746. The van der Waals surface area contributed by atoms with E-state index in [0.717, 1.165) is 4.90 Å². The highest BCUT2D eigenvalue weighted by atomic mass is 19.1. The molecule has 88 valence electrons. The Morgan fingerprint density at radius 3 is 2.35 bits per heavy atom. The van der Waals surface area contributed by atoms with Crippen molar-refractivity contribution in [2.45, 2.75) is 6.42 Å². The van der Waals surface area contributed by atoms with Gasteiger partial charge in [0.1, 0.15) is 11.5 Å². The number of carbonyl (C=O) groups excluding carboxylic acids is 1. The molecule has 1 saturated heterocycles. The second-order valence-corrected chi connectivity index (χ2v) is 3.75. The molecule has 0 spiro atoms. The van der Waals surface area contributed by atoms with E-state index >= 15 is 0 Å². The van der Waals surface area contributed by atoms with Gasteiger partial charge in [0.15, 0.2) is 11.6 Å². The van der Waals surface area contributed by atoms with Crippen molar-refractivity contribution in [2.24, 2.45) is 5.92 Å². The topological polar surface area (TPSA) is 44.1 Å². The summed E-state index contributed by atoms with van der Waals surface area (Å²) >= 11 is 0. The van der Waals surface area contributed by atoms with Crippen molar-refractivity contribution in [1.82, 2.24) is 0 Å². The number of carbonyl (C=O) groups is 1. The molecule has 1 unspecified atom stereocenters. The van der Waals surface area contributed by atoms with Crippen LogP contribution in [-0.2, 0) is 4.79 Å². The Morgan fingerprint density at radius 2 is 1.88 bits per heavy atom. The van der Waals surface area contributed by atoms with E-state index in [1.54, 1.807) is 0 Å². The van der Waals surface area contributed by atoms with E-state index in [1.165, 1.54) is 0 Å². The minimum Gasteiger partial charge on any atom is -0.306 e. The predicted octanol–water partition coefficient (Wildman–Crippen LogP) is 1.98. The second kappa shape index (κ2) is 4.09. The van der Waals surface area contributed by atoms with Gasteiger partial charge in [0, 0.05) is 25.1 Å². The van der Waals surface area contributed by atoms with Crippen molar-refractivity contribution < 1.29 is 18.0 Å². The Kier molecular flexibility index (Phi) is 2.76. The van der Waals surface area contributed by atoms with E-state index in [9.17, 15) is 18.0 Å². The first-order chi connectivity index (χ1) is 8.02. The molecule has 0 aliphatic carbocycles. The van der Waals surface area contributed by atoms with Crippen molar-refractivity contribution in [3.05, 3.63) is 29.6 Å².